The van der Waals surface area contributed by atoms with Crippen molar-refractivity contribution in [1.82, 2.24) is 4.98 Å². The second-order valence-electron chi connectivity index (χ2n) is 4.73. The van der Waals surface area contributed by atoms with Crippen molar-refractivity contribution < 1.29 is 4.84 Å². The standard InChI is InChI=1S/C16H12N2OS/c1-2-6-12-11(5-1)9-10-13(12)18-19-16-17-14-7-3-4-8-15(14)20-16/h1-8H,9-10H2/b18-13+. The van der Waals surface area contributed by atoms with E-state index in [1.807, 2.05) is 30.3 Å². The Morgan fingerprint density at radius 3 is 2.80 bits per heavy atom. The van der Waals surface area contributed by atoms with Crippen LogP contribution in [-0.2, 0) is 6.42 Å². The molecule has 0 fully saturated rings. The summed E-state index contributed by atoms with van der Waals surface area (Å²) in [5.74, 6) is 0. The van der Waals surface area contributed by atoms with E-state index in [-0.39, 0.29) is 0 Å². The third kappa shape index (κ3) is 1.98. The first-order valence-electron chi connectivity index (χ1n) is 6.58. The molecule has 3 aromatic rings. The van der Waals surface area contributed by atoms with Gasteiger partial charge in [0.1, 0.15) is 0 Å². The number of benzene rings is 2. The lowest BCUT2D eigenvalue weighted by atomic mass is 10.1. The number of aryl methyl sites for hydroxylation is 1. The third-order valence-corrected chi connectivity index (χ3v) is 4.37. The molecule has 4 heteroatoms. The van der Waals surface area contributed by atoms with Gasteiger partial charge in [-0.1, -0.05) is 52.9 Å². The van der Waals surface area contributed by atoms with Crippen LogP contribution in [0.15, 0.2) is 53.7 Å². The van der Waals surface area contributed by atoms with Crippen molar-refractivity contribution in [1.29, 1.82) is 0 Å². The van der Waals surface area contributed by atoms with Crippen LogP contribution in [0.3, 0.4) is 0 Å². The van der Waals surface area contributed by atoms with Crippen molar-refractivity contribution in [3.8, 4) is 5.19 Å². The molecule has 0 atom stereocenters. The molecule has 0 radical (unpaired) electrons. The summed E-state index contributed by atoms with van der Waals surface area (Å²) in [4.78, 5) is 9.95. The number of nitrogens with zero attached hydrogens (tertiary/aromatic N) is 2. The van der Waals surface area contributed by atoms with Crippen molar-refractivity contribution in [2.45, 2.75) is 12.8 Å². The van der Waals surface area contributed by atoms with E-state index < -0.39 is 0 Å². The van der Waals surface area contributed by atoms with E-state index in [2.05, 4.69) is 28.3 Å². The minimum absolute atomic E-state index is 0.600. The summed E-state index contributed by atoms with van der Waals surface area (Å²) in [5, 5.41) is 4.89. The van der Waals surface area contributed by atoms with Crippen molar-refractivity contribution >= 4 is 27.3 Å². The third-order valence-electron chi connectivity index (χ3n) is 3.47. The summed E-state index contributed by atoms with van der Waals surface area (Å²) in [6.07, 6.45) is 1.97. The van der Waals surface area contributed by atoms with Gasteiger partial charge in [0.05, 0.1) is 15.9 Å². The summed E-state index contributed by atoms with van der Waals surface area (Å²) in [5.41, 5.74) is 4.52. The highest BCUT2D eigenvalue weighted by Crippen LogP contribution is 2.28. The molecule has 0 spiro atoms. The van der Waals surface area contributed by atoms with Gasteiger partial charge < -0.3 is 4.84 Å². The molecule has 1 heterocycles. The highest BCUT2D eigenvalue weighted by molar-refractivity contribution is 7.20. The zero-order chi connectivity index (χ0) is 13.4. The minimum atomic E-state index is 0.600. The Labute approximate surface area is 120 Å². The Kier molecular flexibility index (Phi) is 2.74. The first-order valence-corrected chi connectivity index (χ1v) is 7.39. The quantitative estimate of drug-likeness (QED) is 0.664. The lowest BCUT2D eigenvalue weighted by Gasteiger charge is -1.98. The summed E-state index contributed by atoms with van der Waals surface area (Å²) in [6.45, 7) is 0. The Morgan fingerprint density at radius 1 is 1.00 bits per heavy atom. The Balaban J connectivity index is 1.63. The number of oxime groups is 1. The van der Waals surface area contributed by atoms with E-state index in [1.165, 1.54) is 22.5 Å². The zero-order valence-electron chi connectivity index (χ0n) is 10.7. The molecule has 1 aromatic heterocycles. The van der Waals surface area contributed by atoms with Crippen LogP contribution >= 0.6 is 11.3 Å². The number of hydrogen-bond donors (Lipinski definition) is 0. The second kappa shape index (κ2) is 4.72. The molecule has 0 saturated heterocycles. The van der Waals surface area contributed by atoms with Crippen LogP contribution in [0.25, 0.3) is 10.2 Å². The van der Waals surface area contributed by atoms with Crippen LogP contribution in [0.2, 0.25) is 0 Å². The van der Waals surface area contributed by atoms with E-state index in [0.29, 0.717) is 5.19 Å². The number of hydrogen-bond acceptors (Lipinski definition) is 4. The number of aromatic nitrogens is 1. The molecule has 0 unspecified atom stereocenters. The highest BCUT2D eigenvalue weighted by Gasteiger charge is 2.17. The molecule has 0 amide bonds. The summed E-state index contributed by atoms with van der Waals surface area (Å²) in [7, 11) is 0. The molecule has 4 rings (SSSR count). The van der Waals surface area contributed by atoms with Crippen molar-refractivity contribution in [3.05, 3.63) is 59.7 Å². The maximum atomic E-state index is 5.53. The largest absolute Gasteiger partial charge is 0.325 e. The van der Waals surface area contributed by atoms with Crippen LogP contribution in [0.1, 0.15) is 17.5 Å². The molecule has 0 N–H and O–H groups in total. The molecule has 3 nitrogen and oxygen atoms in total. The van der Waals surface area contributed by atoms with E-state index in [4.69, 9.17) is 4.84 Å². The molecular formula is C16H12N2OS. The van der Waals surface area contributed by atoms with Crippen LogP contribution in [0.4, 0.5) is 0 Å². The Bertz CT molecular complexity index is 774. The SMILES string of the molecule is c1ccc2c(c1)CC/C2=N\Oc1nc2ccccc2s1. The van der Waals surface area contributed by atoms with E-state index >= 15 is 0 Å². The van der Waals surface area contributed by atoms with Gasteiger partial charge >= 0.3 is 5.19 Å². The number of thiazole rings is 1. The summed E-state index contributed by atoms with van der Waals surface area (Å²) in [6, 6.07) is 16.4. The average Bonchev–Trinajstić information content (AvgIpc) is 3.08. The molecule has 0 bridgehead atoms. The average molecular weight is 280 g/mol. The Hall–Kier alpha value is -2.20. The van der Waals surface area contributed by atoms with Gasteiger partial charge in [-0.2, -0.15) is 0 Å². The zero-order valence-corrected chi connectivity index (χ0v) is 11.6. The molecule has 20 heavy (non-hydrogen) atoms. The van der Waals surface area contributed by atoms with Crippen molar-refractivity contribution in [2.24, 2.45) is 5.16 Å². The fourth-order valence-electron chi connectivity index (χ4n) is 2.49. The Morgan fingerprint density at radius 2 is 1.85 bits per heavy atom. The van der Waals surface area contributed by atoms with E-state index in [1.54, 1.807) is 0 Å². The van der Waals surface area contributed by atoms with Crippen LogP contribution in [0, 0.1) is 0 Å². The highest BCUT2D eigenvalue weighted by atomic mass is 32.1. The van der Waals surface area contributed by atoms with Gasteiger partial charge in [0.15, 0.2) is 0 Å². The lowest BCUT2D eigenvalue weighted by molar-refractivity contribution is 0.339. The normalized spacial score (nSPS) is 15.7. The molecule has 1 aliphatic carbocycles. The van der Waals surface area contributed by atoms with Crippen LogP contribution in [0.5, 0.6) is 5.19 Å². The predicted octanol–water partition coefficient (Wildman–Crippen LogP) is 4.03. The van der Waals surface area contributed by atoms with Gasteiger partial charge in [0, 0.05) is 5.56 Å². The summed E-state index contributed by atoms with van der Waals surface area (Å²) >= 11 is 1.52. The molecule has 0 aliphatic heterocycles. The monoisotopic (exact) mass is 280 g/mol. The molecule has 1 aliphatic rings. The summed E-state index contributed by atoms with van der Waals surface area (Å²) < 4.78 is 1.12. The van der Waals surface area contributed by atoms with Gasteiger partial charge in [-0.15, -0.1) is 0 Å². The van der Waals surface area contributed by atoms with E-state index in [9.17, 15) is 0 Å². The minimum Gasteiger partial charge on any atom is -0.325 e. The van der Waals surface area contributed by atoms with E-state index in [0.717, 1.165) is 28.8 Å². The fraction of sp³-hybridized carbons (Fsp3) is 0.125. The first-order chi connectivity index (χ1) is 9.90. The van der Waals surface area contributed by atoms with Gasteiger partial charge in [0.25, 0.3) is 0 Å². The smallest absolute Gasteiger partial charge is 0.306 e. The second-order valence-corrected chi connectivity index (χ2v) is 5.73. The fourth-order valence-corrected chi connectivity index (χ4v) is 3.26. The molecule has 0 saturated carbocycles. The number of rotatable bonds is 2. The van der Waals surface area contributed by atoms with Crippen molar-refractivity contribution in [2.75, 3.05) is 0 Å². The first kappa shape index (κ1) is 11.6. The molecular weight excluding hydrogens is 268 g/mol. The number of fused-ring (bicyclic) bond motifs is 2. The topological polar surface area (TPSA) is 34.5 Å². The molecule has 98 valence electrons. The molecule has 2 aromatic carbocycles. The lowest BCUT2D eigenvalue weighted by Crippen LogP contribution is -1.97. The maximum absolute atomic E-state index is 5.53. The maximum Gasteiger partial charge on any atom is 0.306 e. The van der Waals surface area contributed by atoms with Gasteiger partial charge in [-0.05, 0) is 30.5 Å². The van der Waals surface area contributed by atoms with Crippen molar-refractivity contribution in [3.63, 3.8) is 0 Å². The van der Waals surface area contributed by atoms with Gasteiger partial charge in [0.2, 0.25) is 0 Å². The predicted molar refractivity (Wildman–Crippen MR) is 81.5 cm³/mol. The van der Waals surface area contributed by atoms with Gasteiger partial charge in [-0.3, -0.25) is 0 Å². The van der Waals surface area contributed by atoms with Gasteiger partial charge in [-0.25, -0.2) is 4.98 Å². The number of para-hydroxylation sites is 1. The van der Waals surface area contributed by atoms with Crippen LogP contribution < -0.4 is 4.84 Å². The van der Waals surface area contributed by atoms with Crippen LogP contribution in [-0.4, -0.2) is 10.7 Å².